The van der Waals surface area contributed by atoms with Crippen molar-refractivity contribution in [3.8, 4) is 0 Å². The van der Waals surface area contributed by atoms with Crippen LogP contribution in [0.15, 0.2) is 35.1 Å². The first-order chi connectivity index (χ1) is 10.5. The lowest BCUT2D eigenvalue weighted by Crippen LogP contribution is -2.23. The van der Waals surface area contributed by atoms with Gasteiger partial charge in [-0.3, -0.25) is 4.79 Å². The van der Waals surface area contributed by atoms with E-state index in [9.17, 15) is 9.59 Å². The Kier molecular flexibility index (Phi) is 9.23. The van der Waals surface area contributed by atoms with Crippen molar-refractivity contribution in [3.05, 3.63) is 35.1 Å². The number of ether oxygens (including phenoxy) is 1. The number of carbonyl (C=O) groups is 2. The van der Waals surface area contributed by atoms with Crippen LogP contribution in [0.5, 0.6) is 0 Å². The second-order valence-corrected chi connectivity index (χ2v) is 7.00. The molecule has 0 fully saturated rings. The van der Waals surface area contributed by atoms with Crippen LogP contribution in [0, 0.1) is 5.41 Å². The van der Waals surface area contributed by atoms with Gasteiger partial charge in [0.25, 0.3) is 0 Å². The summed E-state index contributed by atoms with van der Waals surface area (Å²) < 4.78 is 5.22. The molecular weight excluding hydrogens is 292 g/mol. The molecule has 0 bridgehead atoms. The number of aliphatic carboxylic acids is 1. The maximum absolute atomic E-state index is 11.9. The summed E-state index contributed by atoms with van der Waals surface area (Å²) in [6.45, 7) is 11.4. The number of hydrogen-bond acceptors (Lipinski definition) is 3. The summed E-state index contributed by atoms with van der Waals surface area (Å²) in [5.41, 5.74) is 1.89. The predicted molar refractivity (Wildman–Crippen MR) is 92.9 cm³/mol. The second-order valence-electron chi connectivity index (χ2n) is 7.00. The molecule has 4 heteroatoms. The Labute approximate surface area is 139 Å². The minimum atomic E-state index is -1.11. The summed E-state index contributed by atoms with van der Waals surface area (Å²) >= 11 is 0. The lowest BCUT2D eigenvalue weighted by molar-refractivity contribution is -0.148. The molecule has 0 saturated heterocycles. The lowest BCUT2D eigenvalue weighted by Gasteiger charge is -2.17. The highest BCUT2D eigenvalue weighted by atomic mass is 16.5. The molecule has 4 nitrogen and oxygen atoms in total. The average Bonchev–Trinajstić information content (AvgIpc) is 2.36. The molecule has 1 N–H and O–H groups in total. The summed E-state index contributed by atoms with van der Waals surface area (Å²) in [7, 11) is 0. The lowest BCUT2D eigenvalue weighted by atomic mass is 9.97. The maximum atomic E-state index is 11.9. The Morgan fingerprint density at radius 1 is 1.00 bits per heavy atom. The third kappa shape index (κ3) is 11.4. The number of carbonyl (C=O) groups excluding carboxylic acids is 1. The normalized spacial score (nSPS) is 12.8. The molecule has 130 valence electrons. The first-order valence-corrected chi connectivity index (χ1v) is 7.97. The van der Waals surface area contributed by atoms with Crippen molar-refractivity contribution in [2.24, 2.45) is 5.41 Å². The molecule has 0 amide bonds. The molecule has 0 unspecified atom stereocenters. The molecule has 0 aliphatic heterocycles. The average molecular weight is 322 g/mol. The fourth-order valence-electron chi connectivity index (χ4n) is 1.71. The molecule has 0 radical (unpaired) electrons. The molecular formula is C19H30O4. The van der Waals surface area contributed by atoms with Crippen LogP contribution in [-0.2, 0) is 14.3 Å². The zero-order chi connectivity index (χ0) is 18.0. The smallest absolute Gasteiger partial charge is 0.331 e. The van der Waals surface area contributed by atoms with E-state index < -0.39 is 17.4 Å². The largest absolute Gasteiger partial charge is 0.478 e. The Morgan fingerprint density at radius 3 is 2.04 bits per heavy atom. The van der Waals surface area contributed by atoms with Crippen LogP contribution < -0.4 is 0 Å². The van der Waals surface area contributed by atoms with Crippen molar-refractivity contribution < 1.29 is 19.4 Å². The molecule has 0 spiro atoms. The monoisotopic (exact) mass is 322 g/mol. The number of allylic oxidation sites excluding steroid dienone is 5. The molecule has 0 aromatic carbocycles. The number of esters is 1. The zero-order valence-electron chi connectivity index (χ0n) is 15.2. The molecule has 0 aliphatic carbocycles. The fraction of sp³-hybridized carbons (Fsp3) is 0.579. The number of carboxylic acids is 1. The molecule has 0 heterocycles. The Morgan fingerprint density at radius 2 is 1.57 bits per heavy atom. The van der Waals surface area contributed by atoms with Gasteiger partial charge >= 0.3 is 11.9 Å². The van der Waals surface area contributed by atoms with Gasteiger partial charge in [0.2, 0.25) is 0 Å². The maximum Gasteiger partial charge on any atom is 0.331 e. The van der Waals surface area contributed by atoms with E-state index in [-0.39, 0.29) is 5.76 Å². The Hall–Kier alpha value is -1.84. The van der Waals surface area contributed by atoms with Crippen LogP contribution in [0.1, 0.15) is 67.2 Å². The molecule has 0 aromatic heterocycles. The van der Waals surface area contributed by atoms with Crippen LogP contribution >= 0.6 is 0 Å². The third-order valence-electron chi connectivity index (χ3n) is 3.10. The van der Waals surface area contributed by atoms with Crippen LogP contribution in [0.3, 0.4) is 0 Å². The van der Waals surface area contributed by atoms with E-state index in [0.29, 0.717) is 12.8 Å². The van der Waals surface area contributed by atoms with Gasteiger partial charge in [-0.2, -0.15) is 0 Å². The standard InChI is InChI=1S/C19H30O4/c1-14(2)9-7-10-15(3)11-8-12-16(13-17(20)21)23-18(22)19(4,5)6/h9,11,13H,7-8,10,12H2,1-6H3,(H,20,21). The van der Waals surface area contributed by atoms with Gasteiger partial charge in [0.05, 0.1) is 11.5 Å². The Bertz CT molecular complexity index is 498. The van der Waals surface area contributed by atoms with Crippen molar-refractivity contribution in [2.45, 2.75) is 67.2 Å². The van der Waals surface area contributed by atoms with Crippen molar-refractivity contribution in [2.75, 3.05) is 0 Å². The first kappa shape index (κ1) is 21.2. The van der Waals surface area contributed by atoms with E-state index >= 15 is 0 Å². The van der Waals surface area contributed by atoms with E-state index in [0.717, 1.165) is 18.9 Å². The van der Waals surface area contributed by atoms with E-state index in [1.807, 2.05) is 0 Å². The highest BCUT2D eigenvalue weighted by Crippen LogP contribution is 2.20. The number of hydrogen-bond donors (Lipinski definition) is 1. The van der Waals surface area contributed by atoms with Gasteiger partial charge in [0.1, 0.15) is 5.76 Å². The minimum absolute atomic E-state index is 0.200. The van der Waals surface area contributed by atoms with Gasteiger partial charge in [0, 0.05) is 6.42 Å². The van der Waals surface area contributed by atoms with E-state index in [1.54, 1.807) is 20.8 Å². The van der Waals surface area contributed by atoms with Crippen LogP contribution in [0.4, 0.5) is 0 Å². The van der Waals surface area contributed by atoms with E-state index in [4.69, 9.17) is 9.84 Å². The van der Waals surface area contributed by atoms with Crippen LogP contribution in [0.25, 0.3) is 0 Å². The summed E-state index contributed by atoms with van der Waals surface area (Å²) in [5.74, 6) is -1.33. The van der Waals surface area contributed by atoms with Crippen LogP contribution in [0.2, 0.25) is 0 Å². The number of rotatable bonds is 8. The fourth-order valence-corrected chi connectivity index (χ4v) is 1.71. The van der Waals surface area contributed by atoms with Crippen molar-refractivity contribution >= 4 is 11.9 Å². The summed E-state index contributed by atoms with van der Waals surface area (Å²) in [4.78, 5) is 22.7. The minimum Gasteiger partial charge on any atom is -0.478 e. The van der Waals surface area contributed by atoms with Gasteiger partial charge in [0.15, 0.2) is 0 Å². The topological polar surface area (TPSA) is 63.6 Å². The van der Waals surface area contributed by atoms with E-state index in [2.05, 4.69) is 32.9 Å². The van der Waals surface area contributed by atoms with Crippen molar-refractivity contribution in [1.29, 1.82) is 0 Å². The van der Waals surface area contributed by atoms with E-state index in [1.165, 1.54) is 11.1 Å². The zero-order valence-corrected chi connectivity index (χ0v) is 15.2. The number of carboxylic acid groups (broad SMARTS) is 1. The molecule has 0 aromatic rings. The van der Waals surface area contributed by atoms with Crippen molar-refractivity contribution in [3.63, 3.8) is 0 Å². The van der Waals surface area contributed by atoms with Gasteiger partial charge in [-0.25, -0.2) is 4.79 Å². The SMILES string of the molecule is CC(C)=CCCC(C)=CCCC(=CC(=O)O)OC(=O)C(C)(C)C. The summed E-state index contributed by atoms with van der Waals surface area (Å²) in [5, 5.41) is 8.89. The summed E-state index contributed by atoms with van der Waals surface area (Å²) in [6.07, 6.45) is 8.26. The first-order valence-electron chi connectivity index (χ1n) is 7.97. The van der Waals surface area contributed by atoms with Crippen LogP contribution in [-0.4, -0.2) is 17.0 Å². The highest BCUT2D eigenvalue weighted by Gasteiger charge is 2.24. The van der Waals surface area contributed by atoms with Gasteiger partial charge in [-0.15, -0.1) is 0 Å². The Balaban J connectivity index is 4.61. The quantitative estimate of drug-likeness (QED) is 0.295. The van der Waals surface area contributed by atoms with Gasteiger partial charge in [-0.05, 0) is 60.8 Å². The highest BCUT2D eigenvalue weighted by molar-refractivity contribution is 5.82. The molecule has 0 rings (SSSR count). The predicted octanol–water partition coefficient (Wildman–Crippen LogP) is 5.02. The molecule has 0 saturated carbocycles. The molecule has 0 atom stereocenters. The molecule has 23 heavy (non-hydrogen) atoms. The molecule has 0 aliphatic rings. The summed E-state index contributed by atoms with van der Waals surface area (Å²) in [6, 6.07) is 0. The third-order valence-corrected chi connectivity index (χ3v) is 3.10. The van der Waals surface area contributed by atoms with Gasteiger partial charge < -0.3 is 9.84 Å². The van der Waals surface area contributed by atoms with Gasteiger partial charge in [-0.1, -0.05) is 23.3 Å². The van der Waals surface area contributed by atoms with Crippen molar-refractivity contribution in [1.82, 2.24) is 0 Å². The second kappa shape index (κ2) is 10.0.